The van der Waals surface area contributed by atoms with Crippen molar-refractivity contribution in [1.82, 2.24) is 4.98 Å². The van der Waals surface area contributed by atoms with E-state index in [0.717, 1.165) is 21.7 Å². The van der Waals surface area contributed by atoms with Crippen molar-refractivity contribution in [3.05, 3.63) is 58.6 Å². The number of nitrogens with zero attached hydrogens (tertiary/aromatic N) is 2. The van der Waals surface area contributed by atoms with Crippen molar-refractivity contribution in [3.63, 3.8) is 0 Å². The van der Waals surface area contributed by atoms with Gasteiger partial charge in [0.1, 0.15) is 12.2 Å². The van der Waals surface area contributed by atoms with Gasteiger partial charge in [-0.3, -0.25) is 9.78 Å². The van der Waals surface area contributed by atoms with Gasteiger partial charge in [-0.25, -0.2) is 8.78 Å². The number of pyridine rings is 1. The number of hydrogen-bond donors (Lipinski definition) is 1. The van der Waals surface area contributed by atoms with Gasteiger partial charge in [0, 0.05) is 30.8 Å². The minimum atomic E-state index is -2.85. The molecule has 0 saturated heterocycles. The highest BCUT2D eigenvalue weighted by Gasteiger charge is 2.56. The van der Waals surface area contributed by atoms with Crippen LogP contribution in [0.3, 0.4) is 0 Å². The SMILES string of the molecule is COc1cc(N2Cc3cc(-c4ccc(C)cn4)sc3C2=O)ccc1OCC1(O)CC(F)(F)C1. The molecule has 33 heavy (non-hydrogen) atoms. The van der Waals surface area contributed by atoms with Crippen molar-refractivity contribution in [2.45, 2.75) is 37.8 Å². The lowest BCUT2D eigenvalue weighted by molar-refractivity contribution is -0.215. The average molecular weight is 473 g/mol. The van der Waals surface area contributed by atoms with Crippen molar-refractivity contribution in [2.24, 2.45) is 0 Å². The predicted octanol–water partition coefficient (Wildman–Crippen LogP) is 4.83. The number of fused-ring (bicyclic) bond motifs is 1. The number of halogens is 2. The monoisotopic (exact) mass is 472 g/mol. The fraction of sp³-hybridized carbons (Fsp3) is 0.333. The van der Waals surface area contributed by atoms with E-state index in [2.05, 4.69) is 4.98 Å². The summed E-state index contributed by atoms with van der Waals surface area (Å²) < 4.78 is 37.2. The molecule has 3 heterocycles. The first-order chi connectivity index (χ1) is 15.7. The normalized spacial score (nSPS) is 18.1. The highest BCUT2D eigenvalue weighted by Crippen LogP contribution is 2.46. The second-order valence-corrected chi connectivity index (χ2v) is 9.69. The summed E-state index contributed by atoms with van der Waals surface area (Å²) in [4.78, 5) is 20.8. The largest absolute Gasteiger partial charge is 0.493 e. The lowest BCUT2D eigenvalue weighted by Gasteiger charge is -2.42. The number of methoxy groups -OCH3 is 1. The summed E-state index contributed by atoms with van der Waals surface area (Å²) in [5.74, 6) is -2.28. The third-order valence-electron chi connectivity index (χ3n) is 5.87. The molecular formula is C24H22F2N2O4S. The van der Waals surface area contributed by atoms with Crippen LogP contribution in [0.25, 0.3) is 10.6 Å². The van der Waals surface area contributed by atoms with Crippen molar-refractivity contribution in [1.29, 1.82) is 0 Å². The number of anilines is 1. The molecule has 0 atom stereocenters. The van der Waals surface area contributed by atoms with Crippen LogP contribution in [0.2, 0.25) is 0 Å². The van der Waals surface area contributed by atoms with Crippen molar-refractivity contribution in [3.8, 4) is 22.1 Å². The summed E-state index contributed by atoms with van der Waals surface area (Å²) in [7, 11) is 1.46. The van der Waals surface area contributed by atoms with E-state index >= 15 is 0 Å². The van der Waals surface area contributed by atoms with E-state index in [1.165, 1.54) is 18.4 Å². The van der Waals surface area contributed by atoms with Crippen LogP contribution < -0.4 is 14.4 Å². The first-order valence-corrected chi connectivity index (χ1v) is 11.3. The molecule has 0 unspecified atom stereocenters. The summed E-state index contributed by atoms with van der Waals surface area (Å²) in [6.45, 7) is 2.15. The fourth-order valence-corrected chi connectivity index (χ4v) is 5.31. The van der Waals surface area contributed by atoms with Crippen LogP contribution in [0.4, 0.5) is 14.5 Å². The van der Waals surface area contributed by atoms with Crippen LogP contribution in [0.5, 0.6) is 11.5 Å². The summed E-state index contributed by atoms with van der Waals surface area (Å²) in [6.07, 6.45) is 0.565. The third-order valence-corrected chi connectivity index (χ3v) is 7.06. The Morgan fingerprint density at radius 3 is 2.61 bits per heavy atom. The standard InChI is InChI=1S/C24H22F2N2O4S/c1-14-3-5-17(27-9-14)20-7-15-10-28(22(29)21(15)33-20)16-4-6-18(19(8-16)31-2)32-13-23(30)11-24(25,26)12-23/h3-9,30H,10-13H2,1-2H3. The Labute approximate surface area is 193 Å². The first-order valence-electron chi connectivity index (χ1n) is 10.5. The third kappa shape index (κ3) is 4.06. The predicted molar refractivity (Wildman–Crippen MR) is 120 cm³/mol. The number of thiophene rings is 1. The molecule has 9 heteroatoms. The van der Waals surface area contributed by atoms with Crippen LogP contribution in [-0.2, 0) is 6.54 Å². The molecule has 0 bridgehead atoms. The van der Waals surface area contributed by atoms with Crippen LogP contribution in [-0.4, -0.2) is 41.2 Å². The van der Waals surface area contributed by atoms with E-state index in [0.29, 0.717) is 28.6 Å². The zero-order valence-corrected chi connectivity index (χ0v) is 18.9. The molecule has 172 valence electrons. The van der Waals surface area contributed by atoms with Crippen molar-refractivity contribution >= 4 is 22.9 Å². The van der Waals surface area contributed by atoms with E-state index in [1.54, 1.807) is 29.3 Å². The molecular weight excluding hydrogens is 450 g/mol. The number of carbonyl (C=O) groups is 1. The number of carbonyl (C=O) groups excluding carboxylic acids is 1. The summed E-state index contributed by atoms with van der Waals surface area (Å²) in [5, 5.41) is 10.1. The number of benzene rings is 1. The molecule has 1 N–H and O–H groups in total. The Morgan fingerprint density at radius 2 is 1.97 bits per heavy atom. The zero-order valence-electron chi connectivity index (χ0n) is 18.1. The number of alkyl halides is 2. The number of aryl methyl sites for hydroxylation is 1. The number of aromatic nitrogens is 1. The maximum atomic E-state index is 13.1. The minimum Gasteiger partial charge on any atom is -0.493 e. The highest BCUT2D eigenvalue weighted by molar-refractivity contribution is 7.17. The maximum absolute atomic E-state index is 13.1. The number of amides is 1. The van der Waals surface area contributed by atoms with E-state index in [9.17, 15) is 18.7 Å². The Balaban J connectivity index is 1.31. The van der Waals surface area contributed by atoms with E-state index in [4.69, 9.17) is 9.47 Å². The van der Waals surface area contributed by atoms with Crippen LogP contribution in [0, 0.1) is 6.92 Å². The van der Waals surface area contributed by atoms with Gasteiger partial charge in [-0.1, -0.05) is 6.07 Å². The van der Waals surface area contributed by atoms with Gasteiger partial charge in [-0.05, 0) is 42.3 Å². The van der Waals surface area contributed by atoms with Gasteiger partial charge in [0.05, 0.1) is 29.1 Å². The smallest absolute Gasteiger partial charge is 0.269 e. The molecule has 1 aromatic carbocycles. The van der Waals surface area contributed by atoms with E-state index in [1.807, 2.05) is 25.1 Å². The van der Waals surface area contributed by atoms with Crippen molar-refractivity contribution in [2.75, 3.05) is 18.6 Å². The summed E-state index contributed by atoms with van der Waals surface area (Å²) in [6, 6.07) is 10.9. The molecule has 1 saturated carbocycles. The number of rotatable bonds is 6. The van der Waals surface area contributed by atoms with Gasteiger partial charge in [-0.15, -0.1) is 11.3 Å². The second kappa shape index (κ2) is 7.78. The molecule has 1 aliphatic heterocycles. The lowest BCUT2D eigenvalue weighted by Crippen LogP contribution is -2.55. The number of ether oxygens (including phenoxy) is 2. The van der Waals surface area contributed by atoms with Crippen LogP contribution in [0.15, 0.2) is 42.6 Å². The molecule has 0 radical (unpaired) electrons. The molecule has 1 fully saturated rings. The summed E-state index contributed by atoms with van der Waals surface area (Å²) in [5.41, 5.74) is 1.95. The second-order valence-electron chi connectivity index (χ2n) is 8.63. The first kappa shape index (κ1) is 21.8. The highest BCUT2D eigenvalue weighted by atomic mass is 32.1. The molecule has 5 rings (SSSR count). The molecule has 0 spiro atoms. The van der Waals surface area contributed by atoms with Crippen LogP contribution >= 0.6 is 11.3 Å². The molecule has 3 aromatic rings. The topological polar surface area (TPSA) is 71.9 Å². The quantitative estimate of drug-likeness (QED) is 0.557. The van der Waals surface area contributed by atoms with Gasteiger partial charge < -0.3 is 19.5 Å². The minimum absolute atomic E-state index is 0.102. The van der Waals surface area contributed by atoms with Crippen LogP contribution in [0.1, 0.15) is 33.6 Å². The molecule has 2 aromatic heterocycles. The van der Waals surface area contributed by atoms with Gasteiger partial charge in [0.25, 0.3) is 11.8 Å². The fourth-order valence-electron chi connectivity index (χ4n) is 4.21. The Morgan fingerprint density at radius 1 is 1.18 bits per heavy atom. The van der Waals surface area contributed by atoms with Crippen molar-refractivity contribution < 1.29 is 28.2 Å². The Kier molecular flexibility index (Phi) is 5.13. The molecule has 1 aliphatic carbocycles. The van der Waals surface area contributed by atoms with Gasteiger partial charge in [0.15, 0.2) is 11.5 Å². The van der Waals surface area contributed by atoms with Gasteiger partial charge in [0.2, 0.25) is 0 Å². The Hall–Kier alpha value is -3.04. The average Bonchev–Trinajstić information content (AvgIpc) is 3.31. The summed E-state index contributed by atoms with van der Waals surface area (Å²) >= 11 is 1.42. The molecule has 6 nitrogen and oxygen atoms in total. The van der Waals surface area contributed by atoms with Gasteiger partial charge in [-0.2, -0.15) is 0 Å². The van der Waals surface area contributed by atoms with E-state index < -0.39 is 24.4 Å². The lowest BCUT2D eigenvalue weighted by atomic mass is 9.77. The van der Waals surface area contributed by atoms with Gasteiger partial charge >= 0.3 is 0 Å². The molecule has 2 aliphatic rings. The molecule has 1 amide bonds. The number of aliphatic hydroxyl groups is 1. The zero-order chi connectivity index (χ0) is 23.4. The number of hydrogen-bond acceptors (Lipinski definition) is 6. The van der Waals surface area contributed by atoms with E-state index in [-0.39, 0.29) is 12.5 Å². The maximum Gasteiger partial charge on any atom is 0.269 e. The Bertz CT molecular complexity index is 1220.